The van der Waals surface area contributed by atoms with Crippen molar-refractivity contribution in [2.75, 3.05) is 18.9 Å². The van der Waals surface area contributed by atoms with E-state index in [0.29, 0.717) is 5.02 Å². The lowest BCUT2D eigenvalue weighted by Crippen LogP contribution is -2.44. The van der Waals surface area contributed by atoms with Crippen LogP contribution >= 0.6 is 11.6 Å². The zero-order valence-electron chi connectivity index (χ0n) is 10.9. The first-order valence-electron chi connectivity index (χ1n) is 6.35. The molecule has 1 unspecified atom stereocenters. The minimum absolute atomic E-state index is 0.0150. The number of rotatable bonds is 2. The Labute approximate surface area is 113 Å². The fourth-order valence-electron chi connectivity index (χ4n) is 2.30. The van der Waals surface area contributed by atoms with Crippen molar-refractivity contribution < 1.29 is 4.79 Å². The second kappa shape index (κ2) is 5.72. The standard InChI is InChI=1S/C14H19ClN2O/c1-10-6-7-11(9-12(10)15)16-14(18)13-5-3-4-8-17(13)2/h6-7,9,13H,3-5,8H2,1-2H3,(H,16,18). The highest BCUT2D eigenvalue weighted by molar-refractivity contribution is 6.31. The molecule has 0 aliphatic carbocycles. The first-order chi connectivity index (χ1) is 8.58. The molecule has 1 aromatic carbocycles. The van der Waals surface area contributed by atoms with Gasteiger partial charge in [-0.05, 0) is 51.1 Å². The van der Waals surface area contributed by atoms with E-state index in [4.69, 9.17) is 11.6 Å². The summed E-state index contributed by atoms with van der Waals surface area (Å²) in [5.74, 6) is 0.0668. The van der Waals surface area contributed by atoms with E-state index in [-0.39, 0.29) is 11.9 Å². The molecule has 1 fully saturated rings. The number of hydrogen-bond donors (Lipinski definition) is 1. The molecule has 1 N–H and O–H groups in total. The highest BCUT2D eigenvalue weighted by Crippen LogP contribution is 2.21. The van der Waals surface area contributed by atoms with Crippen molar-refractivity contribution in [3.63, 3.8) is 0 Å². The third-order valence-corrected chi connectivity index (χ3v) is 3.92. The van der Waals surface area contributed by atoms with Gasteiger partial charge in [0.25, 0.3) is 0 Å². The highest BCUT2D eigenvalue weighted by atomic mass is 35.5. The number of hydrogen-bond acceptors (Lipinski definition) is 2. The summed E-state index contributed by atoms with van der Waals surface area (Å²) in [5.41, 5.74) is 1.79. The molecular formula is C14H19ClN2O. The number of nitrogens with zero attached hydrogens (tertiary/aromatic N) is 1. The molecule has 1 atom stereocenters. The Morgan fingerprint density at radius 2 is 2.22 bits per heavy atom. The van der Waals surface area contributed by atoms with E-state index in [1.807, 2.05) is 26.1 Å². The number of aryl methyl sites for hydroxylation is 1. The van der Waals surface area contributed by atoms with Gasteiger partial charge in [0.05, 0.1) is 6.04 Å². The Hall–Kier alpha value is -1.06. The van der Waals surface area contributed by atoms with Crippen LogP contribution in [0.5, 0.6) is 0 Å². The molecule has 1 amide bonds. The van der Waals surface area contributed by atoms with Gasteiger partial charge in [0.15, 0.2) is 0 Å². The van der Waals surface area contributed by atoms with Gasteiger partial charge in [-0.1, -0.05) is 24.1 Å². The van der Waals surface area contributed by atoms with Crippen molar-refractivity contribution >= 4 is 23.2 Å². The number of piperidine rings is 1. The van der Waals surface area contributed by atoms with E-state index in [0.717, 1.165) is 30.6 Å². The largest absolute Gasteiger partial charge is 0.325 e. The Morgan fingerprint density at radius 1 is 1.44 bits per heavy atom. The second-order valence-corrected chi connectivity index (χ2v) is 5.35. The Kier molecular flexibility index (Phi) is 4.25. The maximum Gasteiger partial charge on any atom is 0.241 e. The quantitative estimate of drug-likeness (QED) is 0.892. The van der Waals surface area contributed by atoms with Gasteiger partial charge in [-0.2, -0.15) is 0 Å². The summed E-state index contributed by atoms with van der Waals surface area (Å²) >= 11 is 6.05. The summed E-state index contributed by atoms with van der Waals surface area (Å²) in [5, 5.41) is 3.63. The van der Waals surface area contributed by atoms with Crippen LogP contribution in [0.3, 0.4) is 0 Å². The van der Waals surface area contributed by atoms with Crippen molar-refractivity contribution in [1.29, 1.82) is 0 Å². The van der Waals surface area contributed by atoms with Gasteiger partial charge in [0.2, 0.25) is 5.91 Å². The molecule has 0 spiro atoms. The maximum atomic E-state index is 12.2. The fraction of sp³-hybridized carbons (Fsp3) is 0.500. The van der Waals surface area contributed by atoms with Crippen molar-refractivity contribution in [2.24, 2.45) is 0 Å². The number of amides is 1. The summed E-state index contributed by atoms with van der Waals surface area (Å²) in [7, 11) is 2.01. The average molecular weight is 267 g/mol. The molecule has 1 aromatic rings. The number of likely N-dealkylation sites (N-methyl/N-ethyl adjacent to an activating group) is 1. The number of halogens is 1. The van der Waals surface area contributed by atoms with Crippen LogP contribution in [0.15, 0.2) is 18.2 Å². The van der Waals surface area contributed by atoms with Crippen LogP contribution in [0, 0.1) is 6.92 Å². The predicted octanol–water partition coefficient (Wildman–Crippen LogP) is 3.07. The van der Waals surface area contributed by atoms with E-state index in [9.17, 15) is 4.79 Å². The summed E-state index contributed by atoms with van der Waals surface area (Å²) in [4.78, 5) is 14.3. The number of carbonyl (C=O) groups excluding carboxylic acids is 1. The third kappa shape index (κ3) is 3.03. The zero-order chi connectivity index (χ0) is 13.1. The minimum Gasteiger partial charge on any atom is -0.325 e. The lowest BCUT2D eigenvalue weighted by atomic mass is 10.0. The molecule has 18 heavy (non-hydrogen) atoms. The van der Waals surface area contributed by atoms with E-state index in [2.05, 4.69) is 10.2 Å². The van der Waals surface area contributed by atoms with E-state index >= 15 is 0 Å². The summed E-state index contributed by atoms with van der Waals surface area (Å²) in [6.07, 6.45) is 3.23. The van der Waals surface area contributed by atoms with Gasteiger partial charge >= 0.3 is 0 Å². The highest BCUT2D eigenvalue weighted by Gasteiger charge is 2.25. The first kappa shape index (κ1) is 13.4. The number of anilines is 1. The molecule has 0 saturated carbocycles. The van der Waals surface area contributed by atoms with Crippen molar-refractivity contribution in [3.05, 3.63) is 28.8 Å². The lowest BCUT2D eigenvalue weighted by molar-refractivity contribution is -0.121. The van der Waals surface area contributed by atoms with Gasteiger partial charge in [-0.15, -0.1) is 0 Å². The Morgan fingerprint density at radius 3 is 2.89 bits per heavy atom. The molecule has 2 rings (SSSR count). The van der Waals surface area contributed by atoms with Gasteiger partial charge < -0.3 is 5.32 Å². The monoisotopic (exact) mass is 266 g/mol. The van der Waals surface area contributed by atoms with Crippen LogP contribution in [0.4, 0.5) is 5.69 Å². The van der Waals surface area contributed by atoms with E-state index in [1.165, 1.54) is 6.42 Å². The topological polar surface area (TPSA) is 32.3 Å². The molecule has 98 valence electrons. The predicted molar refractivity (Wildman–Crippen MR) is 75.1 cm³/mol. The summed E-state index contributed by atoms with van der Waals surface area (Å²) in [6, 6.07) is 5.60. The molecule has 1 saturated heterocycles. The van der Waals surface area contributed by atoms with E-state index < -0.39 is 0 Å². The molecule has 1 heterocycles. The van der Waals surface area contributed by atoms with Crippen LogP contribution < -0.4 is 5.32 Å². The molecule has 1 aliphatic rings. The van der Waals surface area contributed by atoms with Crippen molar-refractivity contribution in [1.82, 2.24) is 4.90 Å². The summed E-state index contributed by atoms with van der Waals surface area (Å²) in [6.45, 7) is 2.94. The van der Waals surface area contributed by atoms with Crippen LogP contribution in [0.1, 0.15) is 24.8 Å². The molecule has 4 heteroatoms. The molecular weight excluding hydrogens is 248 g/mol. The molecule has 1 aliphatic heterocycles. The molecule has 0 bridgehead atoms. The van der Waals surface area contributed by atoms with Gasteiger partial charge in [-0.3, -0.25) is 9.69 Å². The Bertz CT molecular complexity index is 447. The van der Waals surface area contributed by atoms with Crippen LogP contribution in [0.2, 0.25) is 5.02 Å². The average Bonchev–Trinajstić information content (AvgIpc) is 2.34. The zero-order valence-corrected chi connectivity index (χ0v) is 11.6. The van der Waals surface area contributed by atoms with Crippen LogP contribution in [-0.4, -0.2) is 30.4 Å². The summed E-state index contributed by atoms with van der Waals surface area (Å²) < 4.78 is 0. The smallest absolute Gasteiger partial charge is 0.241 e. The van der Waals surface area contributed by atoms with Gasteiger partial charge in [0, 0.05) is 10.7 Å². The normalized spacial score (nSPS) is 20.7. The fourth-order valence-corrected chi connectivity index (χ4v) is 2.48. The molecule has 3 nitrogen and oxygen atoms in total. The molecule has 0 radical (unpaired) electrons. The molecule has 0 aromatic heterocycles. The number of benzene rings is 1. The van der Waals surface area contributed by atoms with Crippen molar-refractivity contribution in [3.8, 4) is 0 Å². The Balaban J connectivity index is 2.04. The number of carbonyl (C=O) groups is 1. The van der Waals surface area contributed by atoms with E-state index in [1.54, 1.807) is 6.07 Å². The van der Waals surface area contributed by atoms with Crippen LogP contribution in [-0.2, 0) is 4.79 Å². The van der Waals surface area contributed by atoms with Crippen LogP contribution in [0.25, 0.3) is 0 Å². The maximum absolute atomic E-state index is 12.2. The SMILES string of the molecule is Cc1ccc(NC(=O)C2CCCCN2C)cc1Cl. The number of nitrogens with one attached hydrogen (secondary N) is 1. The van der Waals surface area contributed by atoms with Gasteiger partial charge in [-0.25, -0.2) is 0 Å². The van der Waals surface area contributed by atoms with Crippen molar-refractivity contribution in [2.45, 2.75) is 32.2 Å². The van der Waals surface area contributed by atoms with Gasteiger partial charge in [0.1, 0.15) is 0 Å². The minimum atomic E-state index is -0.0150. The third-order valence-electron chi connectivity index (χ3n) is 3.51. The first-order valence-corrected chi connectivity index (χ1v) is 6.73. The number of likely N-dealkylation sites (tertiary alicyclic amines) is 1. The second-order valence-electron chi connectivity index (χ2n) is 4.95. The lowest BCUT2D eigenvalue weighted by Gasteiger charge is -2.31.